The van der Waals surface area contributed by atoms with Gasteiger partial charge in [0.2, 0.25) is 0 Å². The Balaban J connectivity index is 0.000000204. The van der Waals surface area contributed by atoms with E-state index in [9.17, 15) is 19.2 Å². The Bertz CT molecular complexity index is 2880. The number of halogens is 4. The van der Waals surface area contributed by atoms with Gasteiger partial charge in [0.05, 0.1) is 45.6 Å². The number of rotatable bonds is 12. The van der Waals surface area contributed by atoms with Crippen LogP contribution in [-0.2, 0) is 13.1 Å². The Labute approximate surface area is 418 Å². The zero-order valence-corrected chi connectivity index (χ0v) is 40.6. The SMILES string of the molecule is CN(Cc1ccc(C(=O)Nc2ccc(Cl)cc2C(=O)Nc2ccc(Cl)cn2)cc1)C1=NCCN1.CN1CCN=C1N(C)Cc1ccc(C(=O)Nc2ccc(Cl)cc2C(=O)Nc2ccc(Cl)cn2)cc1. The number of carbonyl (C=O) groups is 4. The molecule has 0 aliphatic carbocycles. The minimum absolute atomic E-state index is 0.209. The summed E-state index contributed by atoms with van der Waals surface area (Å²) in [5.74, 6) is 0.857. The van der Waals surface area contributed by atoms with Crippen molar-refractivity contribution in [1.82, 2.24) is 30.0 Å². The molecule has 0 saturated heterocycles. The lowest BCUT2D eigenvalue weighted by Crippen LogP contribution is -2.36. The van der Waals surface area contributed by atoms with Crippen molar-refractivity contribution in [3.8, 4) is 0 Å². The molecule has 69 heavy (non-hydrogen) atoms. The zero-order chi connectivity index (χ0) is 49.0. The van der Waals surface area contributed by atoms with Crippen molar-refractivity contribution >= 4 is 105 Å². The predicted molar refractivity (Wildman–Crippen MR) is 274 cm³/mol. The van der Waals surface area contributed by atoms with E-state index in [2.05, 4.69) is 56.3 Å². The second-order valence-corrected chi connectivity index (χ2v) is 17.5. The van der Waals surface area contributed by atoms with Crippen molar-refractivity contribution in [3.63, 3.8) is 0 Å². The molecular formula is C49H46Cl4N12O4. The van der Waals surface area contributed by atoms with Crippen molar-refractivity contribution in [1.29, 1.82) is 0 Å². The van der Waals surface area contributed by atoms with Gasteiger partial charge in [0, 0.05) is 80.9 Å². The number of amides is 4. The number of anilines is 4. The number of hydrogen-bond donors (Lipinski definition) is 5. The summed E-state index contributed by atoms with van der Waals surface area (Å²) in [6, 6.07) is 30.4. The highest BCUT2D eigenvalue weighted by molar-refractivity contribution is 6.32. The maximum atomic E-state index is 12.9. The van der Waals surface area contributed by atoms with Gasteiger partial charge in [-0.25, -0.2) is 9.97 Å². The third-order valence-electron chi connectivity index (χ3n) is 10.5. The summed E-state index contributed by atoms with van der Waals surface area (Å²) in [7, 11) is 5.98. The molecule has 6 aromatic rings. The van der Waals surface area contributed by atoms with Gasteiger partial charge in [0.1, 0.15) is 11.6 Å². The van der Waals surface area contributed by atoms with Gasteiger partial charge in [-0.2, -0.15) is 0 Å². The molecule has 4 aromatic carbocycles. The molecule has 0 saturated carbocycles. The molecule has 0 atom stereocenters. The Morgan fingerprint density at radius 3 is 1.43 bits per heavy atom. The predicted octanol–water partition coefficient (Wildman–Crippen LogP) is 8.91. The molecule has 4 amide bonds. The Kier molecular flexibility index (Phi) is 16.7. The molecule has 0 fully saturated rings. The summed E-state index contributed by atoms with van der Waals surface area (Å²) in [5.41, 5.74) is 4.09. The van der Waals surface area contributed by atoms with Crippen molar-refractivity contribution in [3.05, 3.63) is 175 Å². The van der Waals surface area contributed by atoms with Crippen LogP contribution in [0.2, 0.25) is 20.1 Å². The standard InChI is InChI=1S/C25H24Cl2N6O2.C24H22Cl2N6O2/c1-32-12-11-28-25(32)33(2)15-16-3-5-17(6-4-16)23(34)30-21-9-7-18(26)13-20(21)24(35)31-22-10-8-19(27)14-29-22;1-32(24-27-10-11-28-24)14-15-2-4-16(5-3-15)22(33)30-20-8-6-17(25)12-19(20)23(34)31-21-9-7-18(26)13-29-21/h3-10,13-14H,11-12,15H2,1-2H3,(H,30,34)(H,29,31,35);2-9,12-13H,10-11,14H2,1H3,(H,27,28)(H,30,33)(H,29,31,34). The topological polar surface area (TPSA) is 189 Å². The summed E-state index contributed by atoms with van der Waals surface area (Å²) in [5, 5.41) is 15.8. The molecule has 2 aromatic heterocycles. The maximum Gasteiger partial charge on any atom is 0.258 e. The van der Waals surface area contributed by atoms with Crippen LogP contribution in [0, 0.1) is 0 Å². The van der Waals surface area contributed by atoms with Crippen LogP contribution in [0.1, 0.15) is 52.6 Å². The van der Waals surface area contributed by atoms with E-state index in [0.717, 1.165) is 49.2 Å². The quantitative estimate of drug-likeness (QED) is 0.0792. The smallest absolute Gasteiger partial charge is 0.258 e. The number of likely N-dealkylation sites (N-methyl/N-ethyl adjacent to an activating group) is 1. The normalized spacial score (nSPS) is 12.7. The fourth-order valence-corrected chi connectivity index (χ4v) is 7.64. The van der Waals surface area contributed by atoms with Gasteiger partial charge in [-0.15, -0.1) is 0 Å². The first kappa shape index (κ1) is 49.7. The molecular weight excluding hydrogens is 962 g/mol. The molecule has 2 aliphatic heterocycles. The van der Waals surface area contributed by atoms with Crippen LogP contribution in [0.15, 0.2) is 132 Å². The maximum absolute atomic E-state index is 12.9. The van der Waals surface area contributed by atoms with Crippen LogP contribution in [-0.4, -0.2) is 108 Å². The third kappa shape index (κ3) is 13.7. The van der Waals surface area contributed by atoms with E-state index in [1.54, 1.807) is 72.8 Å². The fraction of sp³-hybridized carbons (Fsp3) is 0.184. The third-order valence-corrected chi connectivity index (χ3v) is 11.5. The number of guanidine groups is 2. The molecule has 8 rings (SSSR count). The average Bonchev–Trinajstić information content (AvgIpc) is 4.05. The number of aromatic nitrogens is 2. The first-order valence-corrected chi connectivity index (χ1v) is 22.9. The molecule has 5 N–H and O–H groups in total. The van der Waals surface area contributed by atoms with Gasteiger partial charge in [-0.1, -0.05) is 70.7 Å². The van der Waals surface area contributed by atoms with E-state index < -0.39 is 11.8 Å². The first-order valence-electron chi connectivity index (χ1n) is 21.4. The molecule has 0 unspecified atom stereocenters. The summed E-state index contributed by atoms with van der Waals surface area (Å²) >= 11 is 23.9. The number of nitrogens with zero attached hydrogens (tertiary/aromatic N) is 7. The number of pyridine rings is 2. The zero-order valence-electron chi connectivity index (χ0n) is 37.6. The molecule has 4 heterocycles. The van der Waals surface area contributed by atoms with Gasteiger partial charge in [0.15, 0.2) is 11.9 Å². The largest absolute Gasteiger partial charge is 0.354 e. The van der Waals surface area contributed by atoms with Crippen LogP contribution >= 0.6 is 46.4 Å². The van der Waals surface area contributed by atoms with E-state index in [1.807, 2.05) is 50.3 Å². The Hall–Kier alpha value is -7.24. The summed E-state index contributed by atoms with van der Waals surface area (Å²) in [6.07, 6.45) is 2.86. The minimum atomic E-state index is -0.463. The van der Waals surface area contributed by atoms with E-state index in [4.69, 9.17) is 46.4 Å². The number of hydrogen-bond acceptors (Lipinski definition) is 12. The molecule has 16 nitrogen and oxygen atoms in total. The molecule has 354 valence electrons. The van der Waals surface area contributed by atoms with Crippen molar-refractivity contribution in [2.45, 2.75) is 13.1 Å². The second kappa shape index (κ2) is 23.2. The number of benzene rings is 4. The van der Waals surface area contributed by atoms with E-state index in [0.29, 0.717) is 67.3 Å². The number of aliphatic imine (C=N–C) groups is 2. The molecule has 0 bridgehead atoms. The van der Waals surface area contributed by atoms with Crippen LogP contribution in [0.4, 0.5) is 23.0 Å². The van der Waals surface area contributed by atoms with Crippen molar-refractivity contribution < 1.29 is 19.2 Å². The monoisotopic (exact) mass is 1010 g/mol. The van der Waals surface area contributed by atoms with Crippen molar-refractivity contribution in [2.75, 3.05) is 68.6 Å². The highest BCUT2D eigenvalue weighted by Crippen LogP contribution is 2.25. The molecule has 0 radical (unpaired) electrons. The lowest BCUT2D eigenvalue weighted by Gasteiger charge is -2.24. The van der Waals surface area contributed by atoms with Gasteiger partial charge in [-0.05, 0) is 96.1 Å². The summed E-state index contributed by atoms with van der Waals surface area (Å²) in [6.45, 7) is 4.68. The highest BCUT2D eigenvalue weighted by Gasteiger charge is 2.20. The fourth-order valence-electron chi connectivity index (χ4n) is 7.07. The van der Waals surface area contributed by atoms with E-state index >= 15 is 0 Å². The molecule has 20 heteroatoms. The van der Waals surface area contributed by atoms with Gasteiger partial charge in [0.25, 0.3) is 23.6 Å². The van der Waals surface area contributed by atoms with Gasteiger partial charge >= 0.3 is 0 Å². The van der Waals surface area contributed by atoms with Gasteiger partial charge in [-0.3, -0.25) is 29.2 Å². The van der Waals surface area contributed by atoms with E-state index in [1.165, 1.54) is 24.5 Å². The molecule has 2 aliphatic rings. The summed E-state index contributed by atoms with van der Waals surface area (Å²) < 4.78 is 0. The highest BCUT2D eigenvalue weighted by atomic mass is 35.5. The van der Waals surface area contributed by atoms with Crippen molar-refractivity contribution in [2.24, 2.45) is 9.98 Å². The first-order chi connectivity index (χ1) is 33.2. The van der Waals surface area contributed by atoms with E-state index in [-0.39, 0.29) is 22.9 Å². The minimum Gasteiger partial charge on any atom is -0.354 e. The lowest BCUT2D eigenvalue weighted by atomic mass is 10.1. The second-order valence-electron chi connectivity index (χ2n) is 15.8. The van der Waals surface area contributed by atoms with Crippen LogP contribution in [0.25, 0.3) is 0 Å². The Morgan fingerprint density at radius 2 is 1.03 bits per heavy atom. The Morgan fingerprint density at radius 1 is 0.565 bits per heavy atom. The lowest BCUT2D eigenvalue weighted by molar-refractivity contribution is 0.101. The number of nitrogens with one attached hydrogen (secondary N) is 5. The van der Waals surface area contributed by atoms with Gasteiger partial charge < -0.3 is 41.3 Å². The van der Waals surface area contributed by atoms with Crippen LogP contribution < -0.4 is 26.6 Å². The number of carbonyl (C=O) groups excluding carboxylic acids is 4. The average molecular weight is 1010 g/mol. The molecule has 0 spiro atoms. The van der Waals surface area contributed by atoms with Crippen LogP contribution in [0.3, 0.4) is 0 Å². The van der Waals surface area contributed by atoms with Crippen LogP contribution in [0.5, 0.6) is 0 Å². The summed E-state index contributed by atoms with van der Waals surface area (Å²) in [4.78, 5) is 74.7.